The highest BCUT2D eigenvalue weighted by molar-refractivity contribution is 5.87. The summed E-state index contributed by atoms with van der Waals surface area (Å²) in [6, 6.07) is 4.38. The Morgan fingerprint density at radius 3 is 2.27 bits per heavy atom. The molecule has 0 bridgehead atoms. The van der Waals surface area contributed by atoms with Crippen LogP contribution in [0, 0.1) is 0 Å². The van der Waals surface area contributed by atoms with E-state index in [-0.39, 0.29) is 28.5 Å². The van der Waals surface area contributed by atoms with Crippen LogP contribution in [0.25, 0.3) is 22.6 Å². The van der Waals surface area contributed by atoms with Gasteiger partial charge in [-0.1, -0.05) is 13.8 Å². The molecule has 41 heavy (non-hydrogen) atoms. The highest BCUT2D eigenvalue weighted by atomic mass is 19.4. The lowest BCUT2D eigenvalue weighted by Gasteiger charge is -2.17. The van der Waals surface area contributed by atoms with Gasteiger partial charge in [0.05, 0.1) is 23.0 Å². The van der Waals surface area contributed by atoms with Crippen LogP contribution in [0.3, 0.4) is 0 Å². The second-order valence-corrected chi connectivity index (χ2v) is 8.99. The van der Waals surface area contributed by atoms with Crippen molar-refractivity contribution in [1.29, 1.82) is 0 Å². The molecule has 0 spiro atoms. The summed E-state index contributed by atoms with van der Waals surface area (Å²) in [5.74, 6) is 0.0871. The molecule has 15 heteroatoms. The van der Waals surface area contributed by atoms with Gasteiger partial charge < -0.3 is 15.5 Å². The van der Waals surface area contributed by atoms with E-state index in [1.54, 1.807) is 0 Å². The van der Waals surface area contributed by atoms with Crippen molar-refractivity contribution in [2.24, 2.45) is 0 Å². The quantitative estimate of drug-likeness (QED) is 0.159. The van der Waals surface area contributed by atoms with Crippen LogP contribution in [-0.2, 0) is 12.4 Å². The Hall–Kier alpha value is -4.14. The van der Waals surface area contributed by atoms with Crippen LogP contribution in [0.5, 0.6) is 0 Å². The summed E-state index contributed by atoms with van der Waals surface area (Å²) >= 11 is 0. The fourth-order valence-electron chi connectivity index (χ4n) is 4.01. The average molecular weight is 580 g/mol. The number of pyridine rings is 2. The number of fused-ring (bicyclic) bond motifs is 1. The fourth-order valence-corrected chi connectivity index (χ4v) is 4.01. The molecule has 0 radical (unpaired) electrons. The molecular weight excluding hydrogens is 552 g/mol. The molecule has 9 nitrogen and oxygen atoms in total. The molecule has 4 aromatic heterocycles. The Labute approximate surface area is 231 Å². The molecule has 218 valence electrons. The number of aromatic nitrogens is 6. The maximum absolute atomic E-state index is 14.0. The van der Waals surface area contributed by atoms with Gasteiger partial charge in [-0.25, -0.2) is 19.9 Å². The van der Waals surface area contributed by atoms with E-state index in [1.807, 2.05) is 0 Å². The number of nitrogens with one attached hydrogen (secondary N) is 2. The van der Waals surface area contributed by atoms with Crippen LogP contribution in [0.4, 0.5) is 43.7 Å². The summed E-state index contributed by atoms with van der Waals surface area (Å²) in [4.78, 5) is 18.5. The molecule has 0 fully saturated rings. The van der Waals surface area contributed by atoms with Crippen LogP contribution >= 0.6 is 0 Å². The predicted octanol–water partition coefficient (Wildman–Crippen LogP) is 6.19. The van der Waals surface area contributed by atoms with E-state index >= 15 is 0 Å². The number of alkyl halides is 6. The molecule has 0 aliphatic heterocycles. The SMILES string of the molecule is CCN(CC)CCCCNc1cc(C(F)(F)F)c(-c2cnc3c(Nc4ccc(C(F)(F)F)cn4)ccnc3n2)nn1. The minimum absolute atomic E-state index is 0.00804. The molecule has 0 saturated carbocycles. The van der Waals surface area contributed by atoms with Gasteiger partial charge in [-0.15, -0.1) is 10.2 Å². The number of anilines is 3. The van der Waals surface area contributed by atoms with Gasteiger partial charge in [0.1, 0.15) is 28.5 Å². The smallest absolute Gasteiger partial charge is 0.369 e. The Kier molecular flexibility index (Phi) is 9.15. The Morgan fingerprint density at radius 2 is 1.61 bits per heavy atom. The first-order valence-electron chi connectivity index (χ1n) is 12.8. The van der Waals surface area contributed by atoms with Crippen LogP contribution < -0.4 is 10.6 Å². The van der Waals surface area contributed by atoms with Gasteiger partial charge in [-0.3, -0.25) is 0 Å². The van der Waals surface area contributed by atoms with Gasteiger partial charge >= 0.3 is 12.4 Å². The normalized spacial score (nSPS) is 12.2. The molecular formula is C26H27F6N9. The third-order valence-corrected chi connectivity index (χ3v) is 6.24. The van der Waals surface area contributed by atoms with Crippen molar-refractivity contribution in [1.82, 2.24) is 35.0 Å². The summed E-state index contributed by atoms with van der Waals surface area (Å²) < 4.78 is 80.4. The molecule has 4 rings (SSSR count). The molecule has 0 saturated heterocycles. The molecule has 2 N–H and O–H groups in total. The lowest BCUT2D eigenvalue weighted by atomic mass is 10.1. The third kappa shape index (κ3) is 7.54. The van der Waals surface area contributed by atoms with E-state index in [1.165, 1.54) is 12.3 Å². The number of unbranched alkanes of at least 4 members (excludes halogenated alkanes) is 1. The van der Waals surface area contributed by atoms with Crippen molar-refractivity contribution < 1.29 is 26.3 Å². The highest BCUT2D eigenvalue weighted by Crippen LogP contribution is 2.36. The van der Waals surface area contributed by atoms with E-state index in [0.717, 1.165) is 56.9 Å². The maximum Gasteiger partial charge on any atom is 0.418 e. The minimum atomic E-state index is -4.74. The van der Waals surface area contributed by atoms with E-state index in [9.17, 15) is 26.3 Å². The number of halogens is 6. The summed E-state index contributed by atoms with van der Waals surface area (Å²) in [6.07, 6.45) is -4.52. The van der Waals surface area contributed by atoms with Gasteiger partial charge in [-0.2, -0.15) is 26.3 Å². The molecule has 0 atom stereocenters. The number of rotatable bonds is 11. The summed E-state index contributed by atoms with van der Waals surface area (Å²) in [5, 5.41) is 13.4. The highest BCUT2D eigenvalue weighted by Gasteiger charge is 2.36. The third-order valence-electron chi connectivity index (χ3n) is 6.24. The zero-order valence-electron chi connectivity index (χ0n) is 22.2. The largest absolute Gasteiger partial charge is 0.418 e. The van der Waals surface area contributed by atoms with Crippen molar-refractivity contribution in [3.05, 3.63) is 54.0 Å². The second-order valence-electron chi connectivity index (χ2n) is 8.99. The van der Waals surface area contributed by atoms with Crippen molar-refractivity contribution in [2.75, 3.05) is 36.8 Å². The first-order chi connectivity index (χ1) is 19.5. The topological polar surface area (TPSA) is 105 Å². The molecule has 0 aromatic carbocycles. The number of hydrogen-bond donors (Lipinski definition) is 2. The minimum Gasteiger partial charge on any atom is -0.369 e. The van der Waals surface area contributed by atoms with Gasteiger partial charge in [0.15, 0.2) is 5.65 Å². The second kappa shape index (κ2) is 12.6. The monoisotopic (exact) mass is 579 g/mol. The first kappa shape index (κ1) is 29.8. The maximum atomic E-state index is 14.0. The summed E-state index contributed by atoms with van der Waals surface area (Å²) in [7, 11) is 0. The molecule has 4 aromatic rings. The summed E-state index contributed by atoms with van der Waals surface area (Å²) in [6.45, 7) is 7.37. The molecule has 0 amide bonds. The van der Waals surface area contributed by atoms with Crippen LogP contribution in [-0.4, -0.2) is 61.2 Å². The summed E-state index contributed by atoms with van der Waals surface area (Å²) in [5.41, 5.74) is -2.19. The fraction of sp³-hybridized carbons (Fsp3) is 0.385. The lowest BCUT2D eigenvalue weighted by molar-refractivity contribution is -0.138. The Bertz CT molecular complexity index is 1460. The Balaban J connectivity index is 1.54. The Morgan fingerprint density at radius 1 is 0.829 bits per heavy atom. The van der Waals surface area contributed by atoms with Gasteiger partial charge in [0.25, 0.3) is 0 Å². The molecule has 0 aliphatic rings. The van der Waals surface area contributed by atoms with Crippen molar-refractivity contribution in [2.45, 2.75) is 39.0 Å². The number of nitrogens with zero attached hydrogens (tertiary/aromatic N) is 7. The van der Waals surface area contributed by atoms with E-state index in [0.29, 0.717) is 18.4 Å². The molecule has 0 unspecified atom stereocenters. The van der Waals surface area contributed by atoms with E-state index in [2.05, 4.69) is 59.5 Å². The first-order valence-corrected chi connectivity index (χ1v) is 12.8. The van der Waals surface area contributed by atoms with E-state index < -0.39 is 29.2 Å². The predicted molar refractivity (Wildman–Crippen MR) is 141 cm³/mol. The lowest BCUT2D eigenvalue weighted by Crippen LogP contribution is -2.24. The molecule has 0 aliphatic carbocycles. The van der Waals surface area contributed by atoms with Crippen molar-refractivity contribution in [3.63, 3.8) is 0 Å². The zero-order chi connectivity index (χ0) is 29.6. The van der Waals surface area contributed by atoms with Gasteiger partial charge in [0, 0.05) is 18.9 Å². The molecule has 4 heterocycles. The van der Waals surface area contributed by atoms with E-state index in [4.69, 9.17) is 0 Å². The van der Waals surface area contributed by atoms with Crippen LogP contribution in [0.2, 0.25) is 0 Å². The number of hydrogen-bond acceptors (Lipinski definition) is 9. The van der Waals surface area contributed by atoms with Gasteiger partial charge in [-0.05, 0) is 56.7 Å². The van der Waals surface area contributed by atoms with Gasteiger partial charge in [0.2, 0.25) is 0 Å². The van der Waals surface area contributed by atoms with Crippen LogP contribution in [0.1, 0.15) is 37.8 Å². The average Bonchev–Trinajstić information content (AvgIpc) is 2.94. The standard InChI is InChI=1S/C26H27F6N9/c1-3-41(4-2)12-6-5-10-33-21-13-17(26(30,31)32)22(40-39-21)19-15-36-23-18(9-11-34-24(23)38-19)37-20-8-7-16(14-35-20)25(27,28)29/h7-9,11,13-15H,3-6,10,12H2,1-2H3,(H,33,39)(H,34,35,37,38). The van der Waals surface area contributed by atoms with Crippen molar-refractivity contribution in [3.8, 4) is 11.4 Å². The zero-order valence-corrected chi connectivity index (χ0v) is 22.2. The van der Waals surface area contributed by atoms with Crippen molar-refractivity contribution >= 4 is 28.5 Å². The van der Waals surface area contributed by atoms with Crippen LogP contribution in [0.15, 0.2) is 42.9 Å².